The van der Waals surface area contributed by atoms with Crippen LogP contribution in [-0.4, -0.2) is 18.4 Å². The lowest BCUT2D eigenvalue weighted by molar-refractivity contribution is -0.153. The number of allylic oxidation sites excluding steroid dienone is 4. The molecule has 28 heavy (non-hydrogen) atoms. The molecule has 1 aromatic carbocycles. The predicted octanol–water partition coefficient (Wildman–Crippen LogP) is 5.22. The highest BCUT2D eigenvalue weighted by Crippen LogP contribution is 2.38. The van der Waals surface area contributed by atoms with E-state index < -0.39 is 5.92 Å². The molecule has 1 fully saturated rings. The van der Waals surface area contributed by atoms with Crippen LogP contribution in [0.2, 0.25) is 0 Å². The van der Waals surface area contributed by atoms with E-state index in [2.05, 4.69) is 24.3 Å². The topological polar surface area (TPSA) is 43.4 Å². The third-order valence-corrected chi connectivity index (χ3v) is 6.39. The number of esters is 1. The minimum absolute atomic E-state index is 0.0159. The molecular formula is C25H32O3. The van der Waals surface area contributed by atoms with E-state index in [4.69, 9.17) is 4.74 Å². The zero-order valence-electron chi connectivity index (χ0n) is 17.1. The highest BCUT2D eigenvalue weighted by Gasteiger charge is 2.36. The maximum atomic E-state index is 13.3. The molecule has 0 aromatic heterocycles. The first-order valence-electron chi connectivity index (χ1n) is 10.7. The van der Waals surface area contributed by atoms with Gasteiger partial charge in [-0.2, -0.15) is 0 Å². The molecule has 0 amide bonds. The minimum Gasteiger partial charge on any atom is -0.465 e. The zero-order valence-corrected chi connectivity index (χ0v) is 17.1. The van der Waals surface area contributed by atoms with Gasteiger partial charge < -0.3 is 4.74 Å². The van der Waals surface area contributed by atoms with Gasteiger partial charge in [0.1, 0.15) is 5.92 Å². The van der Waals surface area contributed by atoms with Crippen molar-refractivity contribution in [2.45, 2.75) is 52.4 Å². The van der Waals surface area contributed by atoms with Crippen LogP contribution in [0.3, 0.4) is 0 Å². The van der Waals surface area contributed by atoms with Crippen molar-refractivity contribution < 1.29 is 14.3 Å². The second kappa shape index (κ2) is 9.86. The van der Waals surface area contributed by atoms with Crippen molar-refractivity contribution in [3.63, 3.8) is 0 Å². The Balaban J connectivity index is 1.66. The van der Waals surface area contributed by atoms with Crippen molar-refractivity contribution in [2.75, 3.05) is 6.61 Å². The van der Waals surface area contributed by atoms with Gasteiger partial charge in [-0.25, -0.2) is 0 Å². The number of benzene rings is 1. The van der Waals surface area contributed by atoms with Crippen molar-refractivity contribution in [1.82, 2.24) is 0 Å². The van der Waals surface area contributed by atoms with E-state index in [0.717, 1.165) is 43.2 Å². The summed E-state index contributed by atoms with van der Waals surface area (Å²) in [5.41, 5.74) is 2.17. The molecule has 2 aliphatic carbocycles. The first-order valence-corrected chi connectivity index (χ1v) is 10.7. The molecular weight excluding hydrogens is 348 g/mol. The van der Waals surface area contributed by atoms with Crippen molar-refractivity contribution in [2.24, 2.45) is 23.7 Å². The number of ketones is 1. The van der Waals surface area contributed by atoms with Crippen LogP contribution in [0, 0.1) is 30.6 Å². The monoisotopic (exact) mass is 380 g/mol. The molecule has 2 atom stereocenters. The molecule has 2 aliphatic rings. The number of hydrogen-bond donors (Lipinski definition) is 0. The molecule has 0 bridgehead atoms. The molecule has 0 radical (unpaired) electrons. The summed E-state index contributed by atoms with van der Waals surface area (Å²) in [6, 6.07) is 7.98. The van der Waals surface area contributed by atoms with Crippen LogP contribution in [0.1, 0.15) is 50.2 Å². The number of aryl methyl sites for hydroxylation is 1. The molecule has 0 aliphatic heterocycles. The Labute approximate surface area is 168 Å². The summed E-state index contributed by atoms with van der Waals surface area (Å²) < 4.78 is 5.27. The van der Waals surface area contributed by atoms with E-state index >= 15 is 0 Å². The van der Waals surface area contributed by atoms with Crippen LogP contribution < -0.4 is 0 Å². The number of rotatable bonds is 7. The average Bonchev–Trinajstić information content (AvgIpc) is 2.73. The third kappa shape index (κ3) is 5.01. The molecule has 1 saturated carbocycles. The lowest BCUT2D eigenvalue weighted by atomic mass is 9.71. The van der Waals surface area contributed by atoms with Crippen LogP contribution in [-0.2, 0) is 20.7 Å². The lowest BCUT2D eigenvalue weighted by Crippen LogP contribution is -2.35. The maximum Gasteiger partial charge on any atom is 0.316 e. The van der Waals surface area contributed by atoms with Gasteiger partial charge in [0, 0.05) is 5.92 Å². The summed E-state index contributed by atoms with van der Waals surface area (Å²) in [6.07, 6.45) is 14.3. The molecule has 3 nitrogen and oxygen atoms in total. The molecule has 2 unspecified atom stereocenters. The fourth-order valence-corrected chi connectivity index (χ4v) is 4.67. The van der Waals surface area contributed by atoms with Crippen LogP contribution in [0.5, 0.6) is 0 Å². The summed E-state index contributed by atoms with van der Waals surface area (Å²) in [5, 5.41) is 0. The van der Waals surface area contributed by atoms with Crippen molar-refractivity contribution in [3.05, 3.63) is 59.7 Å². The Morgan fingerprint density at radius 1 is 1.11 bits per heavy atom. The first kappa shape index (κ1) is 20.6. The van der Waals surface area contributed by atoms with Gasteiger partial charge in [0.15, 0.2) is 5.78 Å². The summed E-state index contributed by atoms with van der Waals surface area (Å²) in [6.45, 7) is 4.13. The highest BCUT2D eigenvalue weighted by atomic mass is 16.5. The van der Waals surface area contributed by atoms with Crippen LogP contribution in [0.4, 0.5) is 0 Å². The van der Waals surface area contributed by atoms with E-state index in [1.54, 1.807) is 6.92 Å². The summed E-state index contributed by atoms with van der Waals surface area (Å²) in [5.74, 6) is 0.284. The van der Waals surface area contributed by atoms with Crippen molar-refractivity contribution in [1.29, 1.82) is 0 Å². The van der Waals surface area contributed by atoms with Gasteiger partial charge in [0.05, 0.1) is 6.61 Å². The fraction of sp³-hybridized carbons (Fsp3) is 0.520. The molecule has 0 saturated heterocycles. The van der Waals surface area contributed by atoms with E-state index in [0.29, 0.717) is 24.9 Å². The third-order valence-electron chi connectivity index (χ3n) is 6.39. The standard InChI is InChI=1S/C25H32O3/c1-3-28-25(27)23(17-22-12-8-7-9-18(22)2)24(26)21-15-13-20(14-16-21)19-10-5-4-6-11-19/h4-10,12,19-21,23H,3,11,13-17H2,1-2H3. The minimum atomic E-state index is -0.680. The number of carbonyl (C=O) groups excluding carboxylic acids is 2. The van der Waals surface area contributed by atoms with Crippen LogP contribution in [0.15, 0.2) is 48.6 Å². The van der Waals surface area contributed by atoms with Gasteiger partial charge in [-0.15, -0.1) is 0 Å². The second-order valence-electron chi connectivity index (χ2n) is 8.16. The molecule has 1 aromatic rings. The predicted molar refractivity (Wildman–Crippen MR) is 112 cm³/mol. The fourth-order valence-electron chi connectivity index (χ4n) is 4.67. The maximum absolute atomic E-state index is 13.3. The Hall–Kier alpha value is -2.16. The van der Waals surface area contributed by atoms with Crippen molar-refractivity contribution >= 4 is 11.8 Å². The normalized spacial score (nSPS) is 25.3. The summed E-state index contributed by atoms with van der Waals surface area (Å²) >= 11 is 0. The van der Waals surface area contributed by atoms with Gasteiger partial charge in [-0.3, -0.25) is 9.59 Å². The summed E-state index contributed by atoms with van der Waals surface area (Å²) in [7, 11) is 0. The Bertz CT molecular complexity index is 738. The van der Waals surface area contributed by atoms with Crippen LogP contribution >= 0.6 is 0 Å². The van der Waals surface area contributed by atoms with Crippen molar-refractivity contribution in [3.8, 4) is 0 Å². The van der Waals surface area contributed by atoms with Gasteiger partial charge in [-0.1, -0.05) is 48.6 Å². The van der Waals surface area contributed by atoms with E-state index in [1.807, 2.05) is 31.2 Å². The molecule has 0 spiro atoms. The molecule has 0 N–H and O–H groups in total. The number of hydrogen-bond acceptors (Lipinski definition) is 3. The smallest absolute Gasteiger partial charge is 0.316 e. The zero-order chi connectivity index (χ0) is 19.9. The van der Waals surface area contributed by atoms with E-state index in [9.17, 15) is 9.59 Å². The number of ether oxygens (including phenoxy) is 1. The molecule has 3 heteroatoms. The molecule has 150 valence electrons. The lowest BCUT2D eigenvalue weighted by Gasteiger charge is -2.33. The van der Waals surface area contributed by atoms with Gasteiger partial charge in [0.25, 0.3) is 0 Å². The first-order chi connectivity index (χ1) is 13.6. The van der Waals surface area contributed by atoms with Gasteiger partial charge in [0.2, 0.25) is 0 Å². The van der Waals surface area contributed by atoms with Crippen LogP contribution in [0.25, 0.3) is 0 Å². The second-order valence-corrected chi connectivity index (χ2v) is 8.16. The van der Waals surface area contributed by atoms with E-state index in [1.165, 1.54) is 0 Å². The number of carbonyl (C=O) groups is 2. The Kier molecular flexibility index (Phi) is 7.24. The largest absolute Gasteiger partial charge is 0.465 e. The Morgan fingerprint density at radius 2 is 1.86 bits per heavy atom. The highest BCUT2D eigenvalue weighted by molar-refractivity contribution is 6.00. The van der Waals surface area contributed by atoms with E-state index in [-0.39, 0.29) is 17.7 Å². The van der Waals surface area contributed by atoms with Gasteiger partial charge >= 0.3 is 5.97 Å². The molecule has 3 rings (SSSR count). The van der Waals surface area contributed by atoms with Gasteiger partial charge in [-0.05, 0) is 75.3 Å². The summed E-state index contributed by atoms with van der Waals surface area (Å²) in [4.78, 5) is 25.9. The molecule has 0 heterocycles. The SMILES string of the molecule is CCOC(=O)C(Cc1ccccc1C)C(=O)C1CCC(C2C=CC=CC2)CC1. The quantitative estimate of drug-likeness (QED) is 0.481. The number of Topliss-reactive ketones (excluding diaryl/α,β-unsaturated/α-hetero) is 1. The Morgan fingerprint density at radius 3 is 2.50 bits per heavy atom. The average molecular weight is 381 g/mol.